The number of nitrogens with two attached hydrogens (primary N) is 2. The molecule has 1 aromatic carbocycles. The summed E-state index contributed by atoms with van der Waals surface area (Å²) < 4.78 is 36.2. The molecule has 0 saturated carbocycles. The third kappa shape index (κ3) is 3.51. The first-order chi connectivity index (χ1) is 5.41. The van der Waals surface area contributed by atoms with Crippen molar-refractivity contribution in [2.24, 2.45) is 0 Å². The minimum absolute atomic E-state index is 0. The van der Waals surface area contributed by atoms with Gasteiger partial charge in [-0.25, -0.2) is 0 Å². The average Bonchev–Trinajstić information content (AvgIpc) is 1.83. The van der Waals surface area contributed by atoms with Gasteiger partial charge in [0.15, 0.2) is 0 Å². The SMILES string of the molecule is Cl.Cl.Nc1ccc(C(F)(F)F)c(N)c1. The molecular formula is C7H9Cl2F3N2. The van der Waals surface area contributed by atoms with Crippen molar-refractivity contribution < 1.29 is 13.2 Å². The molecule has 0 radical (unpaired) electrons. The van der Waals surface area contributed by atoms with Crippen LogP contribution in [0.4, 0.5) is 24.5 Å². The molecule has 0 heterocycles. The second kappa shape index (κ2) is 5.17. The van der Waals surface area contributed by atoms with Crippen molar-refractivity contribution in [3.63, 3.8) is 0 Å². The number of benzene rings is 1. The molecule has 0 bridgehead atoms. The highest BCUT2D eigenvalue weighted by Crippen LogP contribution is 2.33. The molecule has 0 aromatic heterocycles. The van der Waals surface area contributed by atoms with E-state index in [2.05, 4.69) is 0 Å². The van der Waals surface area contributed by atoms with Crippen LogP contribution in [0.25, 0.3) is 0 Å². The quantitative estimate of drug-likeness (QED) is 0.694. The van der Waals surface area contributed by atoms with Crippen molar-refractivity contribution in [1.29, 1.82) is 0 Å². The van der Waals surface area contributed by atoms with E-state index in [9.17, 15) is 13.2 Å². The molecule has 82 valence electrons. The molecule has 14 heavy (non-hydrogen) atoms. The number of alkyl halides is 3. The van der Waals surface area contributed by atoms with Crippen LogP contribution in [0.5, 0.6) is 0 Å². The highest BCUT2D eigenvalue weighted by Gasteiger charge is 2.32. The fraction of sp³-hybridized carbons (Fsp3) is 0.143. The van der Waals surface area contributed by atoms with Crippen LogP contribution in [0.2, 0.25) is 0 Å². The molecule has 2 nitrogen and oxygen atoms in total. The first-order valence-electron chi connectivity index (χ1n) is 3.13. The third-order valence-corrected chi connectivity index (χ3v) is 1.38. The Morgan fingerprint density at radius 2 is 1.50 bits per heavy atom. The highest BCUT2D eigenvalue weighted by atomic mass is 35.5. The zero-order valence-electron chi connectivity index (χ0n) is 6.84. The molecule has 4 N–H and O–H groups in total. The van der Waals surface area contributed by atoms with Gasteiger partial charge in [0.25, 0.3) is 0 Å². The highest BCUT2D eigenvalue weighted by molar-refractivity contribution is 5.85. The van der Waals surface area contributed by atoms with E-state index in [1.54, 1.807) is 0 Å². The molecule has 7 heteroatoms. The van der Waals surface area contributed by atoms with Gasteiger partial charge < -0.3 is 11.5 Å². The Kier molecular flexibility index (Phi) is 5.78. The van der Waals surface area contributed by atoms with Gasteiger partial charge in [-0.1, -0.05) is 0 Å². The molecule has 0 aliphatic heterocycles. The summed E-state index contributed by atoms with van der Waals surface area (Å²) in [5.41, 5.74) is 9.36. The molecular weight excluding hydrogens is 240 g/mol. The van der Waals surface area contributed by atoms with E-state index in [-0.39, 0.29) is 36.2 Å². The van der Waals surface area contributed by atoms with E-state index in [0.717, 1.165) is 12.1 Å². The number of hydrogen-bond donors (Lipinski definition) is 2. The molecule has 0 amide bonds. The maximum atomic E-state index is 12.1. The van der Waals surface area contributed by atoms with Crippen LogP contribution in [0, 0.1) is 0 Å². The minimum Gasteiger partial charge on any atom is -0.399 e. The molecule has 0 fully saturated rings. The van der Waals surface area contributed by atoms with Gasteiger partial charge in [0.2, 0.25) is 0 Å². The predicted molar refractivity (Wildman–Crippen MR) is 54.8 cm³/mol. The minimum atomic E-state index is -4.40. The monoisotopic (exact) mass is 248 g/mol. The zero-order valence-corrected chi connectivity index (χ0v) is 8.47. The molecule has 0 aliphatic carbocycles. The van der Waals surface area contributed by atoms with E-state index < -0.39 is 11.7 Å². The number of anilines is 2. The first-order valence-corrected chi connectivity index (χ1v) is 3.13. The number of halogens is 5. The van der Waals surface area contributed by atoms with Crippen LogP contribution < -0.4 is 11.5 Å². The summed E-state index contributed by atoms with van der Waals surface area (Å²) in [5.74, 6) is 0. The second-order valence-corrected chi connectivity index (χ2v) is 2.34. The summed E-state index contributed by atoms with van der Waals surface area (Å²) in [6.45, 7) is 0. The fourth-order valence-electron chi connectivity index (χ4n) is 0.839. The van der Waals surface area contributed by atoms with Gasteiger partial charge in [-0.05, 0) is 18.2 Å². The van der Waals surface area contributed by atoms with Gasteiger partial charge in [-0.2, -0.15) is 13.2 Å². The first kappa shape index (κ1) is 15.7. The summed E-state index contributed by atoms with van der Waals surface area (Å²) in [4.78, 5) is 0. The summed E-state index contributed by atoms with van der Waals surface area (Å²) in [5, 5.41) is 0. The summed E-state index contributed by atoms with van der Waals surface area (Å²) in [7, 11) is 0. The van der Waals surface area contributed by atoms with E-state index in [1.165, 1.54) is 6.07 Å². The Morgan fingerprint density at radius 1 is 1.00 bits per heavy atom. The van der Waals surface area contributed by atoms with Crippen molar-refractivity contribution in [3.05, 3.63) is 23.8 Å². The maximum Gasteiger partial charge on any atom is 0.418 e. The third-order valence-electron chi connectivity index (χ3n) is 1.38. The largest absolute Gasteiger partial charge is 0.418 e. The Morgan fingerprint density at radius 3 is 1.86 bits per heavy atom. The Bertz CT molecular complexity index is 301. The van der Waals surface area contributed by atoms with E-state index >= 15 is 0 Å². The molecule has 1 rings (SSSR count). The van der Waals surface area contributed by atoms with Crippen molar-refractivity contribution in [2.45, 2.75) is 6.18 Å². The van der Waals surface area contributed by atoms with Gasteiger partial charge in [0, 0.05) is 11.4 Å². The fourth-order valence-corrected chi connectivity index (χ4v) is 0.839. The Labute approximate surface area is 91.3 Å². The maximum absolute atomic E-state index is 12.1. The van der Waals surface area contributed by atoms with E-state index in [1.807, 2.05) is 0 Å². The lowest BCUT2D eigenvalue weighted by Crippen LogP contribution is -2.08. The van der Waals surface area contributed by atoms with E-state index in [4.69, 9.17) is 11.5 Å². The number of hydrogen-bond acceptors (Lipinski definition) is 2. The Balaban J connectivity index is 0. The van der Waals surface area contributed by atoms with Crippen molar-refractivity contribution in [3.8, 4) is 0 Å². The van der Waals surface area contributed by atoms with Crippen LogP contribution >= 0.6 is 24.8 Å². The van der Waals surface area contributed by atoms with Crippen LogP contribution in [-0.4, -0.2) is 0 Å². The molecule has 1 aromatic rings. The predicted octanol–water partition coefficient (Wildman–Crippen LogP) is 2.71. The molecule has 0 atom stereocenters. The van der Waals surface area contributed by atoms with Crippen LogP contribution in [-0.2, 0) is 6.18 Å². The van der Waals surface area contributed by atoms with Crippen molar-refractivity contribution >= 4 is 36.2 Å². The number of rotatable bonds is 0. The van der Waals surface area contributed by atoms with Gasteiger partial charge in [-0.15, -0.1) is 24.8 Å². The normalized spacial score (nSPS) is 9.93. The van der Waals surface area contributed by atoms with Gasteiger partial charge in [0.1, 0.15) is 0 Å². The van der Waals surface area contributed by atoms with Crippen LogP contribution in [0.1, 0.15) is 5.56 Å². The number of nitrogen functional groups attached to an aromatic ring is 2. The van der Waals surface area contributed by atoms with Crippen LogP contribution in [0.15, 0.2) is 18.2 Å². The smallest absolute Gasteiger partial charge is 0.399 e. The molecule has 0 spiro atoms. The lowest BCUT2D eigenvalue weighted by Gasteiger charge is -2.09. The summed E-state index contributed by atoms with van der Waals surface area (Å²) in [6.07, 6.45) is -4.40. The second-order valence-electron chi connectivity index (χ2n) is 2.34. The van der Waals surface area contributed by atoms with Gasteiger partial charge in [-0.3, -0.25) is 0 Å². The van der Waals surface area contributed by atoms with Gasteiger partial charge >= 0.3 is 6.18 Å². The zero-order chi connectivity index (χ0) is 9.35. The van der Waals surface area contributed by atoms with E-state index in [0.29, 0.717) is 0 Å². The standard InChI is InChI=1S/C7H7F3N2.2ClH/c8-7(9,10)5-2-1-4(11)3-6(5)12;;/h1-3H,11-12H2;2*1H. The molecule has 0 aliphatic rings. The molecule has 0 saturated heterocycles. The molecule has 0 unspecified atom stereocenters. The Hall–Kier alpha value is -0.810. The topological polar surface area (TPSA) is 52.0 Å². The van der Waals surface area contributed by atoms with Crippen molar-refractivity contribution in [2.75, 3.05) is 11.5 Å². The summed E-state index contributed by atoms with van der Waals surface area (Å²) in [6, 6.07) is 3.12. The lowest BCUT2D eigenvalue weighted by molar-refractivity contribution is -0.136. The average molecular weight is 249 g/mol. The lowest BCUT2D eigenvalue weighted by atomic mass is 10.1. The van der Waals surface area contributed by atoms with Crippen LogP contribution in [0.3, 0.4) is 0 Å². The van der Waals surface area contributed by atoms with Crippen molar-refractivity contribution in [1.82, 2.24) is 0 Å². The van der Waals surface area contributed by atoms with Gasteiger partial charge in [0.05, 0.1) is 5.56 Å². The summed E-state index contributed by atoms with van der Waals surface area (Å²) >= 11 is 0.